The maximum Gasteiger partial charge on any atom is 0.120 e. The molecule has 6 heteroatoms. The molecule has 0 aliphatic carbocycles. The zero-order valence-corrected chi connectivity index (χ0v) is 14.7. The summed E-state index contributed by atoms with van der Waals surface area (Å²) in [4.78, 5) is 12.5. The topological polar surface area (TPSA) is 68.5 Å². The highest BCUT2D eigenvalue weighted by molar-refractivity contribution is 5.06. The number of nitrogens with one attached hydrogen (secondary N) is 1. The molecule has 136 valence electrons. The maximum atomic E-state index is 10.1. The van der Waals surface area contributed by atoms with Crippen molar-refractivity contribution in [1.29, 1.82) is 0 Å². The molecule has 1 atom stereocenters. The lowest BCUT2D eigenvalue weighted by Gasteiger charge is -2.51. The molecule has 0 saturated carbocycles. The van der Waals surface area contributed by atoms with Crippen molar-refractivity contribution in [3.63, 3.8) is 0 Å². The first kappa shape index (κ1) is 16.8. The van der Waals surface area contributed by atoms with Crippen molar-refractivity contribution < 1.29 is 9.52 Å². The van der Waals surface area contributed by atoms with Gasteiger partial charge < -0.3 is 14.5 Å². The summed E-state index contributed by atoms with van der Waals surface area (Å²) in [5.74, 6) is 1.42. The summed E-state index contributed by atoms with van der Waals surface area (Å²) in [5.41, 5.74) is 1.53. The second-order valence-electron chi connectivity index (χ2n) is 7.67. The molecule has 2 aromatic heterocycles. The van der Waals surface area contributed by atoms with E-state index in [1.165, 1.54) is 24.8 Å². The number of piperidine rings is 2. The Morgan fingerprint density at radius 3 is 2.64 bits per heavy atom. The zero-order chi connectivity index (χ0) is 17.1. The minimum Gasteiger partial charge on any atom is -0.472 e. The van der Waals surface area contributed by atoms with E-state index in [0.717, 1.165) is 45.1 Å². The van der Waals surface area contributed by atoms with Crippen LogP contribution in [0.5, 0.6) is 0 Å². The zero-order valence-electron chi connectivity index (χ0n) is 14.7. The van der Waals surface area contributed by atoms with Gasteiger partial charge in [0.25, 0.3) is 0 Å². The Labute approximate surface area is 148 Å². The van der Waals surface area contributed by atoms with Crippen molar-refractivity contribution >= 4 is 0 Å². The number of imidazole rings is 1. The third kappa shape index (κ3) is 3.66. The van der Waals surface area contributed by atoms with E-state index in [1.54, 1.807) is 6.26 Å². The van der Waals surface area contributed by atoms with Gasteiger partial charge in [-0.2, -0.15) is 0 Å². The van der Waals surface area contributed by atoms with Crippen LogP contribution < -0.4 is 0 Å². The lowest BCUT2D eigenvalue weighted by Crippen LogP contribution is -2.53. The monoisotopic (exact) mass is 344 g/mol. The largest absolute Gasteiger partial charge is 0.472 e. The first-order valence-corrected chi connectivity index (χ1v) is 9.32. The van der Waals surface area contributed by atoms with Crippen LogP contribution in [0.3, 0.4) is 0 Å². The summed E-state index contributed by atoms with van der Waals surface area (Å²) in [6.45, 7) is 6.41. The van der Waals surface area contributed by atoms with E-state index in [1.807, 2.05) is 24.7 Å². The van der Waals surface area contributed by atoms with E-state index < -0.39 is 0 Å². The number of furan rings is 1. The Balaban J connectivity index is 1.34. The number of aliphatic hydroxyl groups is 1. The standard InChI is InChI=1S/C19H28N4O2/c24-14-17-12-23(11-16-1-10-25-15-16)9-4-19(17)2-7-22(8-3-19)13-18-20-5-6-21-18/h1,5-6,10,15,17,24H,2-4,7-9,11-14H2,(H,20,21)/t17-/m0/s1. The molecule has 2 saturated heterocycles. The molecule has 4 heterocycles. The van der Waals surface area contributed by atoms with Crippen LogP contribution in [-0.4, -0.2) is 57.7 Å². The van der Waals surface area contributed by atoms with Gasteiger partial charge in [-0.25, -0.2) is 4.98 Å². The third-order valence-corrected chi connectivity index (χ3v) is 6.26. The number of hydrogen-bond donors (Lipinski definition) is 2. The number of H-pyrrole nitrogens is 1. The average molecular weight is 344 g/mol. The molecule has 1 spiro atoms. The fourth-order valence-corrected chi connectivity index (χ4v) is 4.63. The van der Waals surface area contributed by atoms with Gasteiger partial charge in [-0.3, -0.25) is 9.80 Å². The minimum atomic E-state index is 0.292. The molecule has 0 bridgehead atoms. The first-order chi connectivity index (χ1) is 12.3. The second kappa shape index (κ2) is 7.32. The lowest BCUT2D eigenvalue weighted by molar-refractivity contribution is -0.0453. The van der Waals surface area contributed by atoms with Crippen LogP contribution in [0.25, 0.3) is 0 Å². The second-order valence-corrected chi connectivity index (χ2v) is 7.67. The summed E-state index contributed by atoms with van der Waals surface area (Å²) in [7, 11) is 0. The van der Waals surface area contributed by atoms with Gasteiger partial charge in [0.05, 0.1) is 19.1 Å². The summed E-state index contributed by atoms with van der Waals surface area (Å²) in [6, 6.07) is 2.03. The molecular weight excluding hydrogens is 316 g/mol. The Kier molecular flexibility index (Phi) is 4.92. The molecule has 0 aromatic carbocycles. The van der Waals surface area contributed by atoms with E-state index in [9.17, 15) is 5.11 Å². The Hall–Kier alpha value is -1.63. The van der Waals surface area contributed by atoms with Crippen LogP contribution in [0.1, 0.15) is 30.7 Å². The first-order valence-electron chi connectivity index (χ1n) is 9.32. The van der Waals surface area contributed by atoms with Crippen molar-refractivity contribution in [1.82, 2.24) is 19.8 Å². The van der Waals surface area contributed by atoms with Crippen molar-refractivity contribution in [3.05, 3.63) is 42.4 Å². The summed E-state index contributed by atoms with van der Waals surface area (Å²) >= 11 is 0. The van der Waals surface area contributed by atoms with Gasteiger partial charge in [0.1, 0.15) is 5.82 Å². The average Bonchev–Trinajstić information content (AvgIpc) is 3.33. The van der Waals surface area contributed by atoms with Crippen LogP contribution >= 0.6 is 0 Å². The molecular formula is C19H28N4O2. The van der Waals surface area contributed by atoms with E-state index in [0.29, 0.717) is 17.9 Å². The smallest absolute Gasteiger partial charge is 0.120 e. The predicted octanol–water partition coefficient (Wildman–Crippen LogP) is 2.10. The van der Waals surface area contributed by atoms with Crippen molar-refractivity contribution in [2.75, 3.05) is 32.8 Å². The Morgan fingerprint density at radius 1 is 1.20 bits per heavy atom. The van der Waals surface area contributed by atoms with Crippen LogP contribution in [-0.2, 0) is 13.1 Å². The quantitative estimate of drug-likeness (QED) is 0.869. The van der Waals surface area contributed by atoms with Crippen LogP contribution in [0.4, 0.5) is 0 Å². The Morgan fingerprint density at radius 2 is 2.00 bits per heavy atom. The molecule has 2 aliphatic heterocycles. The van der Waals surface area contributed by atoms with Gasteiger partial charge >= 0.3 is 0 Å². The lowest BCUT2D eigenvalue weighted by atomic mass is 9.64. The van der Waals surface area contributed by atoms with Crippen molar-refractivity contribution in [3.8, 4) is 0 Å². The molecule has 4 rings (SSSR count). The molecule has 0 radical (unpaired) electrons. The number of likely N-dealkylation sites (tertiary alicyclic amines) is 2. The van der Waals surface area contributed by atoms with Crippen LogP contribution in [0, 0.1) is 11.3 Å². The van der Waals surface area contributed by atoms with E-state index >= 15 is 0 Å². The van der Waals surface area contributed by atoms with Gasteiger partial charge in [-0.15, -0.1) is 0 Å². The highest BCUT2D eigenvalue weighted by Crippen LogP contribution is 2.45. The van der Waals surface area contributed by atoms with E-state index in [2.05, 4.69) is 19.8 Å². The number of aliphatic hydroxyl groups excluding tert-OH is 1. The number of nitrogens with zero attached hydrogens (tertiary/aromatic N) is 3. The number of hydrogen-bond acceptors (Lipinski definition) is 5. The van der Waals surface area contributed by atoms with E-state index in [4.69, 9.17) is 4.42 Å². The molecule has 0 unspecified atom stereocenters. The number of rotatable bonds is 5. The molecule has 2 aromatic rings. The summed E-state index contributed by atoms with van der Waals surface area (Å²) in [5, 5.41) is 10.1. The molecule has 2 aliphatic rings. The SMILES string of the molecule is OC[C@@H]1CN(Cc2ccoc2)CCC12CCN(Cc1ncc[nH]1)CC2. The summed E-state index contributed by atoms with van der Waals surface area (Å²) < 4.78 is 5.18. The highest BCUT2D eigenvalue weighted by atomic mass is 16.3. The normalized spacial score (nSPS) is 24.8. The van der Waals surface area contributed by atoms with E-state index in [-0.39, 0.29) is 0 Å². The van der Waals surface area contributed by atoms with Gasteiger partial charge in [-0.05, 0) is 50.4 Å². The number of aromatic nitrogens is 2. The minimum absolute atomic E-state index is 0.292. The van der Waals surface area contributed by atoms with Gasteiger partial charge in [0.15, 0.2) is 0 Å². The van der Waals surface area contributed by atoms with Crippen molar-refractivity contribution in [2.45, 2.75) is 32.4 Å². The molecule has 2 fully saturated rings. The number of aromatic amines is 1. The van der Waals surface area contributed by atoms with Gasteiger partial charge in [0, 0.05) is 43.6 Å². The molecule has 0 amide bonds. The van der Waals surface area contributed by atoms with Crippen molar-refractivity contribution in [2.24, 2.45) is 11.3 Å². The van der Waals surface area contributed by atoms with Gasteiger partial charge in [-0.1, -0.05) is 0 Å². The fraction of sp³-hybridized carbons (Fsp3) is 0.632. The predicted molar refractivity (Wildman–Crippen MR) is 94.7 cm³/mol. The van der Waals surface area contributed by atoms with Crippen LogP contribution in [0.15, 0.2) is 35.4 Å². The fourth-order valence-electron chi connectivity index (χ4n) is 4.63. The maximum absolute atomic E-state index is 10.1. The van der Waals surface area contributed by atoms with Gasteiger partial charge in [0.2, 0.25) is 0 Å². The molecule has 6 nitrogen and oxygen atoms in total. The van der Waals surface area contributed by atoms with Crippen LogP contribution in [0.2, 0.25) is 0 Å². The summed E-state index contributed by atoms with van der Waals surface area (Å²) in [6.07, 6.45) is 10.8. The highest BCUT2D eigenvalue weighted by Gasteiger charge is 2.44. The Bertz CT molecular complexity index is 624. The molecule has 25 heavy (non-hydrogen) atoms. The third-order valence-electron chi connectivity index (χ3n) is 6.26. The molecule has 2 N–H and O–H groups in total.